The molecule has 8 nitrogen and oxygen atoms in total. The van der Waals surface area contributed by atoms with Crippen LogP contribution < -0.4 is 5.32 Å². The number of benzene rings is 1. The summed E-state index contributed by atoms with van der Waals surface area (Å²) >= 11 is 0. The predicted octanol–water partition coefficient (Wildman–Crippen LogP) is 1.14. The average molecular weight is 396 g/mol. The minimum absolute atomic E-state index is 0.0953. The zero-order chi connectivity index (χ0) is 19.7. The van der Waals surface area contributed by atoms with E-state index in [0.29, 0.717) is 31.6 Å². The molecule has 0 radical (unpaired) electrons. The van der Waals surface area contributed by atoms with Crippen LogP contribution in [0.25, 0.3) is 0 Å². The number of aliphatic carboxylic acids is 1. The second kappa shape index (κ2) is 7.57. The van der Waals surface area contributed by atoms with Crippen LogP contribution in [0.1, 0.15) is 41.6 Å². The van der Waals surface area contributed by atoms with Gasteiger partial charge in [-0.15, -0.1) is 0 Å². The van der Waals surface area contributed by atoms with Gasteiger partial charge in [-0.25, -0.2) is 8.42 Å². The van der Waals surface area contributed by atoms with Crippen LogP contribution in [-0.2, 0) is 19.6 Å². The Morgan fingerprint density at radius 2 is 1.93 bits per heavy atom. The molecule has 1 saturated heterocycles. The summed E-state index contributed by atoms with van der Waals surface area (Å²) in [4.78, 5) is 23.8. The third-order valence-corrected chi connectivity index (χ3v) is 7.26. The number of sulfonamides is 1. The second-order valence-corrected chi connectivity index (χ2v) is 9.06. The first kappa shape index (κ1) is 19.8. The van der Waals surface area contributed by atoms with E-state index in [4.69, 9.17) is 9.84 Å². The van der Waals surface area contributed by atoms with Gasteiger partial charge in [0.25, 0.3) is 5.91 Å². The molecule has 1 aromatic rings. The zero-order valence-corrected chi connectivity index (χ0v) is 16.0. The molecule has 1 aliphatic carbocycles. The first-order chi connectivity index (χ1) is 12.7. The Morgan fingerprint density at radius 1 is 1.26 bits per heavy atom. The molecule has 1 saturated carbocycles. The molecule has 27 heavy (non-hydrogen) atoms. The molecule has 0 aromatic heterocycles. The fourth-order valence-electron chi connectivity index (χ4n) is 3.50. The number of hydrogen-bond acceptors (Lipinski definition) is 5. The van der Waals surface area contributed by atoms with Crippen LogP contribution >= 0.6 is 0 Å². The quantitative estimate of drug-likeness (QED) is 0.746. The van der Waals surface area contributed by atoms with Crippen LogP contribution in [0.2, 0.25) is 0 Å². The van der Waals surface area contributed by atoms with Gasteiger partial charge in [0.2, 0.25) is 10.0 Å². The number of morpholine rings is 1. The van der Waals surface area contributed by atoms with Crippen LogP contribution in [0.5, 0.6) is 0 Å². The van der Waals surface area contributed by atoms with Crippen LogP contribution in [0.3, 0.4) is 0 Å². The lowest BCUT2D eigenvalue weighted by Crippen LogP contribution is -2.54. The van der Waals surface area contributed by atoms with Gasteiger partial charge >= 0.3 is 5.97 Å². The molecule has 1 amide bonds. The molecule has 0 atom stereocenters. The van der Waals surface area contributed by atoms with Crippen molar-refractivity contribution in [3.63, 3.8) is 0 Å². The Labute approximate surface area is 158 Å². The molecule has 2 aliphatic rings. The molecule has 2 N–H and O–H groups in total. The highest BCUT2D eigenvalue weighted by molar-refractivity contribution is 7.89. The highest BCUT2D eigenvalue weighted by Gasteiger charge is 2.40. The largest absolute Gasteiger partial charge is 0.481 e. The molecular formula is C18H24N2O6S. The smallest absolute Gasteiger partial charge is 0.305 e. The van der Waals surface area contributed by atoms with E-state index in [2.05, 4.69) is 5.32 Å². The lowest BCUT2D eigenvalue weighted by Gasteiger charge is -2.41. The van der Waals surface area contributed by atoms with Crippen molar-refractivity contribution in [2.75, 3.05) is 26.3 Å². The molecule has 1 heterocycles. The summed E-state index contributed by atoms with van der Waals surface area (Å²) in [5, 5.41) is 11.9. The summed E-state index contributed by atoms with van der Waals surface area (Å²) < 4.78 is 32.5. The van der Waals surface area contributed by atoms with Crippen molar-refractivity contribution >= 4 is 21.9 Å². The van der Waals surface area contributed by atoms with Gasteiger partial charge in [-0.2, -0.15) is 4.31 Å². The van der Waals surface area contributed by atoms with Crippen molar-refractivity contribution in [2.45, 2.75) is 43.0 Å². The zero-order valence-electron chi connectivity index (χ0n) is 15.2. The number of amides is 1. The van der Waals surface area contributed by atoms with Crippen LogP contribution in [0.4, 0.5) is 0 Å². The van der Waals surface area contributed by atoms with Gasteiger partial charge in [-0.1, -0.05) is 6.07 Å². The molecule has 0 unspecified atom stereocenters. The van der Waals surface area contributed by atoms with Crippen molar-refractivity contribution in [2.24, 2.45) is 0 Å². The van der Waals surface area contributed by atoms with Crippen molar-refractivity contribution < 1.29 is 27.9 Å². The molecule has 148 valence electrons. The summed E-state index contributed by atoms with van der Waals surface area (Å²) in [7, 11) is -3.72. The van der Waals surface area contributed by atoms with E-state index >= 15 is 0 Å². The Hall–Kier alpha value is -1.97. The number of carboxylic acids is 1. The fourth-order valence-corrected chi connectivity index (χ4v) is 5.16. The topological polar surface area (TPSA) is 113 Å². The molecular weight excluding hydrogens is 372 g/mol. The van der Waals surface area contributed by atoms with Gasteiger partial charge in [-0.3, -0.25) is 9.59 Å². The van der Waals surface area contributed by atoms with Gasteiger partial charge in [0.05, 0.1) is 30.1 Å². The highest BCUT2D eigenvalue weighted by Crippen LogP contribution is 2.35. The SMILES string of the molecule is Cc1ccc(C(=O)NC2(CC(=O)O)CCC2)cc1S(=O)(=O)N1CCOCC1. The van der Waals surface area contributed by atoms with E-state index in [1.807, 2.05) is 0 Å². The lowest BCUT2D eigenvalue weighted by molar-refractivity contribution is -0.139. The molecule has 1 aromatic carbocycles. The van der Waals surface area contributed by atoms with E-state index in [1.165, 1.54) is 10.4 Å². The van der Waals surface area contributed by atoms with Gasteiger partial charge < -0.3 is 15.2 Å². The third kappa shape index (κ3) is 4.15. The molecule has 0 bridgehead atoms. The summed E-state index contributed by atoms with van der Waals surface area (Å²) in [6.07, 6.45) is 1.94. The maximum Gasteiger partial charge on any atom is 0.305 e. The van der Waals surface area contributed by atoms with Crippen molar-refractivity contribution in [3.05, 3.63) is 29.3 Å². The van der Waals surface area contributed by atoms with Gasteiger partial charge in [0.1, 0.15) is 0 Å². The number of carbonyl (C=O) groups excluding carboxylic acids is 1. The molecule has 0 spiro atoms. The standard InChI is InChI=1S/C18H24N2O6S/c1-13-3-4-14(17(23)19-18(5-2-6-18)12-16(21)22)11-15(13)27(24,25)20-7-9-26-10-8-20/h3-4,11H,2,5-10,12H2,1H3,(H,19,23)(H,21,22). The Balaban J connectivity index is 1.84. The number of nitrogens with zero attached hydrogens (tertiary/aromatic N) is 1. The summed E-state index contributed by atoms with van der Waals surface area (Å²) in [5.74, 6) is -1.41. The Bertz CT molecular complexity index is 841. The molecule has 1 aliphatic heterocycles. The van der Waals surface area contributed by atoms with Gasteiger partial charge in [-0.05, 0) is 43.9 Å². The maximum atomic E-state index is 12.9. The number of carboxylic acid groups (broad SMARTS) is 1. The number of hydrogen-bond donors (Lipinski definition) is 2. The number of rotatable bonds is 6. The Morgan fingerprint density at radius 3 is 2.48 bits per heavy atom. The van der Waals surface area contributed by atoms with Crippen molar-refractivity contribution in [1.82, 2.24) is 9.62 Å². The van der Waals surface area contributed by atoms with Gasteiger partial charge in [0, 0.05) is 18.7 Å². The number of aryl methyl sites for hydroxylation is 1. The molecule has 3 rings (SSSR count). The van der Waals surface area contributed by atoms with Crippen LogP contribution in [0, 0.1) is 6.92 Å². The van der Waals surface area contributed by atoms with E-state index in [-0.39, 0.29) is 30.0 Å². The first-order valence-corrected chi connectivity index (χ1v) is 10.4. The molecule has 9 heteroatoms. The van der Waals surface area contributed by atoms with Gasteiger partial charge in [0.15, 0.2) is 0 Å². The minimum Gasteiger partial charge on any atom is -0.481 e. The number of ether oxygens (including phenoxy) is 1. The predicted molar refractivity (Wildman–Crippen MR) is 97.1 cm³/mol. The van der Waals surface area contributed by atoms with E-state index < -0.39 is 27.4 Å². The van der Waals surface area contributed by atoms with Crippen LogP contribution in [-0.4, -0.2) is 61.5 Å². The Kier molecular flexibility index (Phi) is 5.55. The lowest BCUT2D eigenvalue weighted by atomic mass is 9.74. The summed E-state index contributed by atoms with van der Waals surface area (Å²) in [5.41, 5.74) is 0.0304. The van der Waals surface area contributed by atoms with Crippen molar-refractivity contribution in [1.29, 1.82) is 0 Å². The number of nitrogens with one attached hydrogen (secondary N) is 1. The molecule has 2 fully saturated rings. The van der Waals surface area contributed by atoms with E-state index in [9.17, 15) is 18.0 Å². The monoisotopic (exact) mass is 396 g/mol. The third-order valence-electron chi connectivity index (χ3n) is 5.22. The maximum absolute atomic E-state index is 12.9. The second-order valence-electron chi connectivity index (χ2n) is 7.16. The number of carbonyl (C=O) groups is 2. The van der Waals surface area contributed by atoms with Crippen molar-refractivity contribution in [3.8, 4) is 0 Å². The first-order valence-electron chi connectivity index (χ1n) is 8.96. The highest BCUT2D eigenvalue weighted by atomic mass is 32.2. The average Bonchev–Trinajstić information content (AvgIpc) is 2.60. The van der Waals surface area contributed by atoms with E-state index in [1.54, 1.807) is 19.1 Å². The minimum atomic E-state index is -3.72. The fraction of sp³-hybridized carbons (Fsp3) is 0.556. The summed E-state index contributed by atoms with van der Waals surface area (Å²) in [6, 6.07) is 4.55. The van der Waals surface area contributed by atoms with Crippen LogP contribution in [0.15, 0.2) is 23.1 Å². The van der Waals surface area contributed by atoms with E-state index in [0.717, 1.165) is 6.42 Å². The summed E-state index contributed by atoms with van der Waals surface area (Å²) in [6.45, 7) is 2.93. The normalized spacial score (nSPS) is 19.9.